The predicted molar refractivity (Wildman–Crippen MR) is 106 cm³/mol. The second-order valence-corrected chi connectivity index (χ2v) is 8.01. The van der Waals surface area contributed by atoms with E-state index in [1.165, 1.54) is 5.56 Å². The molecule has 1 amide bonds. The van der Waals surface area contributed by atoms with Gasteiger partial charge in [-0.2, -0.15) is 0 Å². The number of carbonyl (C=O) groups excluding carboxylic acids is 1. The highest BCUT2D eigenvalue weighted by Gasteiger charge is 2.25. The lowest BCUT2D eigenvalue weighted by Gasteiger charge is -2.30. The molecule has 0 atom stereocenters. The van der Waals surface area contributed by atoms with Crippen LogP contribution in [-0.2, 0) is 24.2 Å². The monoisotopic (exact) mass is 364 g/mol. The van der Waals surface area contributed by atoms with Gasteiger partial charge in [0.25, 0.3) is 0 Å². The molecule has 27 heavy (non-hydrogen) atoms. The Morgan fingerprint density at radius 1 is 1.15 bits per heavy atom. The van der Waals surface area contributed by atoms with Crippen molar-refractivity contribution in [3.05, 3.63) is 58.7 Å². The van der Waals surface area contributed by atoms with Crippen molar-refractivity contribution >= 4 is 5.91 Å². The summed E-state index contributed by atoms with van der Waals surface area (Å²) in [5.41, 5.74) is 4.54. The van der Waals surface area contributed by atoms with Crippen LogP contribution < -0.4 is 0 Å². The summed E-state index contributed by atoms with van der Waals surface area (Å²) in [6.45, 7) is 5.68. The first kappa shape index (κ1) is 18.1. The molecule has 2 aliphatic rings. The topological polar surface area (TPSA) is 49.3 Å². The van der Waals surface area contributed by atoms with E-state index in [9.17, 15) is 4.79 Å². The van der Waals surface area contributed by atoms with Crippen molar-refractivity contribution in [2.75, 3.05) is 26.7 Å². The first-order valence-corrected chi connectivity index (χ1v) is 9.95. The van der Waals surface area contributed by atoms with Gasteiger partial charge in [0.05, 0.1) is 12.1 Å². The number of likely N-dealkylation sites (tertiary alicyclic amines) is 1. The third-order valence-corrected chi connectivity index (χ3v) is 5.86. The Hall–Kier alpha value is -2.27. The maximum absolute atomic E-state index is 12.7. The number of fused-ring (bicyclic) bond motifs is 1. The summed E-state index contributed by atoms with van der Waals surface area (Å²) >= 11 is 0. The lowest BCUT2D eigenvalue weighted by atomic mass is 9.95. The third-order valence-electron chi connectivity index (χ3n) is 5.86. The molecule has 5 nitrogen and oxygen atoms in total. The average Bonchev–Trinajstić information content (AvgIpc) is 2.69. The number of aryl methyl sites for hydroxylation is 1. The van der Waals surface area contributed by atoms with Crippen molar-refractivity contribution in [3.63, 3.8) is 0 Å². The van der Waals surface area contributed by atoms with E-state index < -0.39 is 0 Å². The van der Waals surface area contributed by atoms with E-state index in [2.05, 4.69) is 36.0 Å². The van der Waals surface area contributed by atoms with Gasteiger partial charge < -0.3 is 9.80 Å². The van der Waals surface area contributed by atoms with Crippen molar-refractivity contribution in [3.8, 4) is 0 Å². The molecule has 1 saturated heterocycles. The normalized spacial score (nSPS) is 18.4. The van der Waals surface area contributed by atoms with Gasteiger partial charge in [0.15, 0.2) is 0 Å². The quantitative estimate of drug-likeness (QED) is 0.840. The van der Waals surface area contributed by atoms with Gasteiger partial charge in [-0.25, -0.2) is 9.97 Å². The molecular weight excluding hydrogens is 336 g/mol. The van der Waals surface area contributed by atoms with E-state index >= 15 is 0 Å². The fourth-order valence-corrected chi connectivity index (χ4v) is 4.00. The smallest absolute Gasteiger partial charge is 0.227 e. The highest BCUT2D eigenvalue weighted by molar-refractivity contribution is 5.79. The minimum Gasteiger partial charge on any atom is -0.338 e. The van der Waals surface area contributed by atoms with Crippen molar-refractivity contribution in [1.29, 1.82) is 0 Å². The van der Waals surface area contributed by atoms with Crippen molar-refractivity contribution in [2.45, 2.75) is 45.1 Å². The molecule has 0 unspecified atom stereocenters. The SMILES string of the molecule is Cc1ccc(CC(=O)N2CCc3nc(C4CCN(C)CC4)ncc3C2)cc1. The molecule has 0 bridgehead atoms. The Balaban J connectivity index is 1.41. The summed E-state index contributed by atoms with van der Waals surface area (Å²) in [5, 5.41) is 0. The Morgan fingerprint density at radius 3 is 2.63 bits per heavy atom. The molecule has 2 aromatic rings. The van der Waals surface area contributed by atoms with Gasteiger partial charge in [-0.1, -0.05) is 29.8 Å². The zero-order valence-electron chi connectivity index (χ0n) is 16.3. The van der Waals surface area contributed by atoms with Gasteiger partial charge in [0.1, 0.15) is 5.82 Å². The van der Waals surface area contributed by atoms with E-state index in [1.54, 1.807) is 0 Å². The second kappa shape index (κ2) is 7.77. The molecule has 3 heterocycles. The van der Waals surface area contributed by atoms with Crippen molar-refractivity contribution < 1.29 is 4.79 Å². The summed E-state index contributed by atoms with van der Waals surface area (Å²) in [4.78, 5) is 26.5. The highest BCUT2D eigenvalue weighted by Crippen LogP contribution is 2.26. The Morgan fingerprint density at radius 2 is 1.89 bits per heavy atom. The molecule has 0 spiro atoms. The Bertz CT molecular complexity index is 810. The first-order chi connectivity index (χ1) is 13.1. The predicted octanol–water partition coefficient (Wildman–Crippen LogP) is 2.72. The van der Waals surface area contributed by atoms with Crippen LogP contribution in [0.2, 0.25) is 0 Å². The summed E-state index contributed by atoms with van der Waals surface area (Å²) in [6.07, 6.45) is 5.52. The minimum absolute atomic E-state index is 0.184. The summed E-state index contributed by atoms with van der Waals surface area (Å²) in [7, 11) is 2.17. The van der Waals surface area contributed by atoms with E-state index in [1.807, 2.05) is 23.2 Å². The van der Waals surface area contributed by atoms with Crippen LogP contribution >= 0.6 is 0 Å². The second-order valence-electron chi connectivity index (χ2n) is 8.01. The lowest BCUT2D eigenvalue weighted by Crippen LogP contribution is -2.37. The van der Waals surface area contributed by atoms with Crippen LogP contribution in [0.5, 0.6) is 0 Å². The van der Waals surface area contributed by atoms with Crippen LogP contribution in [-0.4, -0.2) is 52.4 Å². The summed E-state index contributed by atoms with van der Waals surface area (Å²) < 4.78 is 0. The van der Waals surface area contributed by atoms with E-state index in [-0.39, 0.29) is 5.91 Å². The van der Waals surface area contributed by atoms with Gasteiger partial charge in [0, 0.05) is 37.2 Å². The number of piperidine rings is 1. The van der Waals surface area contributed by atoms with E-state index in [0.717, 1.165) is 61.5 Å². The van der Waals surface area contributed by atoms with Crippen LogP contribution in [0, 0.1) is 6.92 Å². The fraction of sp³-hybridized carbons (Fsp3) is 0.500. The first-order valence-electron chi connectivity index (χ1n) is 9.95. The Labute approximate surface area is 161 Å². The third kappa shape index (κ3) is 4.19. The van der Waals surface area contributed by atoms with Gasteiger partial charge in [0.2, 0.25) is 5.91 Å². The molecule has 0 aliphatic carbocycles. The molecular formula is C22H28N4O. The van der Waals surface area contributed by atoms with Gasteiger partial charge >= 0.3 is 0 Å². The molecule has 0 saturated carbocycles. The number of amides is 1. The minimum atomic E-state index is 0.184. The van der Waals surface area contributed by atoms with Gasteiger partial charge in [-0.3, -0.25) is 4.79 Å². The molecule has 142 valence electrons. The molecule has 0 N–H and O–H groups in total. The lowest BCUT2D eigenvalue weighted by molar-refractivity contribution is -0.131. The molecule has 5 heteroatoms. The molecule has 1 aromatic carbocycles. The maximum atomic E-state index is 12.7. The molecule has 1 aromatic heterocycles. The van der Waals surface area contributed by atoms with Crippen LogP contribution in [0.1, 0.15) is 47.0 Å². The van der Waals surface area contributed by atoms with Crippen LogP contribution in [0.3, 0.4) is 0 Å². The average molecular weight is 364 g/mol. The number of aromatic nitrogens is 2. The number of hydrogen-bond acceptors (Lipinski definition) is 4. The van der Waals surface area contributed by atoms with Crippen LogP contribution in [0.25, 0.3) is 0 Å². The standard InChI is InChI=1S/C22H28N4O/c1-16-3-5-17(6-4-16)13-21(27)26-12-9-20-19(15-26)14-23-22(24-20)18-7-10-25(2)11-8-18/h3-6,14,18H,7-13,15H2,1-2H3. The number of hydrogen-bond donors (Lipinski definition) is 0. The zero-order chi connectivity index (χ0) is 18.8. The fourth-order valence-electron chi connectivity index (χ4n) is 4.00. The summed E-state index contributed by atoms with van der Waals surface area (Å²) in [5.74, 6) is 1.66. The molecule has 0 radical (unpaired) electrons. The Kier molecular flexibility index (Phi) is 5.21. The van der Waals surface area contributed by atoms with Crippen LogP contribution in [0.4, 0.5) is 0 Å². The molecule has 1 fully saturated rings. The molecule has 2 aliphatic heterocycles. The van der Waals surface area contributed by atoms with E-state index in [0.29, 0.717) is 18.9 Å². The zero-order valence-corrected chi connectivity index (χ0v) is 16.3. The van der Waals surface area contributed by atoms with Crippen molar-refractivity contribution in [2.24, 2.45) is 0 Å². The van der Waals surface area contributed by atoms with E-state index in [4.69, 9.17) is 4.98 Å². The molecule has 4 rings (SSSR count). The highest BCUT2D eigenvalue weighted by atomic mass is 16.2. The largest absolute Gasteiger partial charge is 0.338 e. The number of rotatable bonds is 3. The van der Waals surface area contributed by atoms with Gasteiger partial charge in [-0.15, -0.1) is 0 Å². The van der Waals surface area contributed by atoms with Crippen molar-refractivity contribution in [1.82, 2.24) is 19.8 Å². The van der Waals surface area contributed by atoms with Gasteiger partial charge in [-0.05, 0) is 45.5 Å². The summed E-state index contributed by atoms with van der Waals surface area (Å²) in [6, 6.07) is 8.21. The van der Waals surface area contributed by atoms with Crippen LogP contribution in [0.15, 0.2) is 30.5 Å². The maximum Gasteiger partial charge on any atom is 0.227 e. The number of carbonyl (C=O) groups is 1. The number of benzene rings is 1. The number of nitrogens with zero attached hydrogens (tertiary/aromatic N) is 4.